The van der Waals surface area contributed by atoms with Crippen LogP contribution in [0.5, 0.6) is 0 Å². The van der Waals surface area contributed by atoms with E-state index in [1.807, 2.05) is 30.3 Å². The number of benzene rings is 3. The molecular weight excluding hydrogens is 360 g/mol. The zero-order chi connectivity index (χ0) is 19.0. The second-order valence-electron chi connectivity index (χ2n) is 6.47. The summed E-state index contributed by atoms with van der Waals surface area (Å²) in [4.78, 5) is 39.1. The van der Waals surface area contributed by atoms with E-state index in [2.05, 4.69) is 0 Å². The lowest BCUT2D eigenvalue weighted by atomic mass is 9.80. The molecular formula is C23H15ClO3. The van der Waals surface area contributed by atoms with Crippen LogP contribution in [-0.2, 0) is 4.79 Å². The third kappa shape index (κ3) is 2.90. The standard InChI is InChI=1S/C23H15ClO3/c24-18-13-7-6-12-17(18)19(14-8-2-1-3-9-14)23(27)20-21(25)15-10-4-5-11-16(15)22(20)26/h1-13,19-20H. The fraction of sp³-hybridized carbons (Fsp3) is 0.0870. The number of carbonyl (C=O) groups excluding carboxylic acids is 3. The van der Waals surface area contributed by atoms with Crippen LogP contribution in [0.4, 0.5) is 0 Å². The molecule has 0 aromatic heterocycles. The minimum atomic E-state index is -1.33. The second-order valence-corrected chi connectivity index (χ2v) is 6.88. The number of carbonyl (C=O) groups is 3. The molecule has 4 rings (SSSR count). The minimum Gasteiger partial charge on any atom is -0.297 e. The Labute approximate surface area is 161 Å². The van der Waals surface area contributed by atoms with Crippen molar-refractivity contribution in [3.63, 3.8) is 0 Å². The van der Waals surface area contributed by atoms with Gasteiger partial charge in [0.25, 0.3) is 0 Å². The summed E-state index contributed by atoms with van der Waals surface area (Å²) in [5.74, 6) is -3.43. The Balaban J connectivity index is 1.83. The van der Waals surface area contributed by atoms with E-state index < -0.39 is 29.2 Å². The topological polar surface area (TPSA) is 51.2 Å². The average molecular weight is 375 g/mol. The van der Waals surface area contributed by atoms with Crippen LogP contribution in [0.3, 0.4) is 0 Å². The third-order valence-electron chi connectivity index (χ3n) is 4.90. The minimum absolute atomic E-state index is 0.312. The summed E-state index contributed by atoms with van der Waals surface area (Å²) >= 11 is 6.36. The highest BCUT2D eigenvalue weighted by Crippen LogP contribution is 2.37. The number of ketones is 3. The smallest absolute Gasteiger partial charge is 0.181 e. The van der Waals surface area contributed by atoms with E-state index in [0.717, 1.165) is 0 Å². The van der Waals surface area contributed by atoms with Crippen LogP contribution in [0, 0.1) is 5.92 Å². The van der Waals surface area contributed by atoms with Gasteiger partial charge in [0.2, 0.25) is 0 Å². The molecule has 1 aliphatic carbocycles. The fourth-order valence-corrected chi connectivity index (χ4v) is 3.86. The van der Waals surface area contributed by atoms with E-state index in [-0.39, 0.29) is 0 Å². The molecule has 0 saturated carbocycles. The molecule has 0 aliphatic heterocycles. The molecule has 0 radical (unpaired) electrons. The van der Waals surface area contributed by atoms with Crippen molar-refractivity contribution in [3.05, 3.63) is 106 Å². The normalized spacial score (nSPS) is 14.9. The van der Waals surface area contributed by atoms with Gasteiger partial charge >= 0.3 is 0 Å². The molecule has 3 aromatic carbocycles. The van der Waals surface area contributed by atoms with Gasteiger partial charge in [-0.3, -0.25) is 14.4 Å². The Bertz CT molecular complexity index is 1020. The number of Topliss-reactive ketones (excluding diaryl/α,β-unsaturated/α-hetero) is 3. The highest BCUT2D eigenvalue weighted by atomic mass is 35.5. The van der Waals surface area contributed by atoms with Crippen molar-refractivity contribution < 1.29 is 14.4 Å². The Morgan fingerprint density at radius 2 is 1.26 bits per heavy atom. The first-order valence-corrected chi connectivity index (χ1v) is 8.98. The molecule has 0 amide bonds. The van der Waals surface area contributed by atoms with E-state index in [0.29, 0.717) is 27.3 Å². The molecule has 3 aromatic rings. The monoisotopic (exact) mass is 374 g/mol. The SMILES string of the molecule is O=C1c2ccccc2C(=O)C1C(=O)C(c1ccccc1)c1ccccc1Cl. The van der Waals surface area contributed by atoms with Crippen LogP contribution in [0.1, 0.15) is 37.8 Å². The van der Waals surface area contributed by atoms with E-state index in [1.165, 1.54) is 0 Å². The van der Waals surface area contributed by atoms with Gasteiger partial charge in [0.1, 0.15) is 5.92 Å². The summed E-state index contributed by atoms with van der Waals surface area (Å²) in [6.07, 6.45) is 0. The predicted octanol–water partition coefficient (Wildman–Crippen LogP) is 4.74. The van der Waals surface area contributed by atoms with Crippen LogP contribution >= 0.6 is 11.6 Å². The molecule has 0 bridgehead atoms. The maximum Gasteiger partial charge on any atom is 0.181 e. The maximum absolute atomic E-state index is 13.5. The molecule has 0 heterocycles. The van der Waals surface area contributed by atoms with Crippen molar-refractivity contribution in [2.24, 2.45) is 5.92 Å². The van der Waals surface area contributed by atoms with Crippen LogP contribution < -0.4 is 0 Å². The first-order chi connectivity index (χ1) is 13.1. The van der Waals surface area contributed by atoms with Gasteiger partial charge in [-0.2, -0.15) is 0 Å². The molecule has 0 N–H and O–H groups in total. The molecule has 0 fully saturated rings. The number of rotatable bonds is 4. The molecule has 4 heteroatoms. The van der Waals surface area contributed by atoms with Crippen molar-refractivity contribution in [2.75, 3.05) is 0 Å². The fourth-order valence-electron chi connectivity index (χ4n) is 3.62. The lowest BCUT2D eigenvalue weighted by Gasteiger charge is -2.20. The third-order valence-corrected chi connectivity index (χ3v) is 5.24. The Kier molecular flexibility index (Phi) is 4.46. The van der Waals surface area contributed by atoms with Crippen molar-refractivity contribution in [1.29, 1.82) is 0 Å². The number of halogens is 1. The molecule has 1 unspecified atom stereocenters. The zero-order valence-electron chi connectivity index (χ0n) is 14.3. The molecule has 132 valence electrons. The molecule has 1 aliphatic rings. The molecule has 27 heavy (non-hydrogen) atoms. The van der Waals surface area contributed by atoms with Crippen molar-refractivity contribution in [3.8, 4) is 0 Å². The summed E-state index contributed by atoms with van der Waals surface area (Å²) in [5.41, 5.74) is 1.91. The quantitative estimate of drug-likeness (QED) is 0.620. The van der Waals surface area contributed by atoms with Crippen molar-refractivity contribution >= 4 is 29.0 Å². The lowest BCUT2D eigenvalue weighted by Crippen LogP contribution is -2.31. The van der Waals surface area contributed by atoms with Crippen molar-refractivity contribution in [1.82, 2.24) is 0 Å². The van der Waals surface area contributed by atoms with E-state index in [4.69, 9.17) is 11.6 Å². The van der Waals surface area contributed by atoms with Gasteiger partial charge in [0.05, 0.1) is 5.92 Å². The van der Waals surface area contributed by atoms with Gasteiger partial charge in [-0.15, -0.1) is 0 Å². The predicted molar refractivity (Wildman–Crippen MR) is 103 cm³/mol. The second kappa shape index (κ2) is 6.93. The molecule has 1 atom stereocenters. The number of hydrogen-bond acceptors (Lipinski definition) is 3. The average Bonchev–Trinajstić information content (AvgIpc) is 2.95. The summed E-state index contributed by atoms with van der Waals surface area (Å²) < 4.78 is 0. The maximum atomic E-state index is 13.5. The van der Waals surface area contributed by atoms with Crippen LogP contribution in [0.25, 0.3) is 0 Å². The van der Waals surface area contributed by atoms with Gasteiger partial charge in [-0.1, -0.05) is 84.4 Å². The van der Waals surface area contributed by atoms with E-state index >= 15 is 0 Å². The van der Waals surface area contributed by atoms with Gasteiger partial charge in [-0.25, -0.2) is 0 Å². The van der Waals surface area contributed by atoms with Crippen LogP contribution in [0.15, 0.2) is 78.9 Å². The largest absolute Gasteiger partial charge is 0.297 e. The Morgan fingerprint density at radius 3 is 1.85 bits per heavy atom. The van der Waals surface area contributed by atoms with E-state index in [1.54, 1.807) is 48.5 Å². The van der Waals surface area contributed by atoms with Crippen LogP contribution in [0.2, 0.25) is 5.02 Å². The lowest BCUT2D eigenvalue weighted by molar-refractivity contribution is -0.120. The molecule has 3 nitrogen and oxygen atoms in total. The first kappa shape index (κ1) is 17.4. The first-order valence-electron chi connectivity index (χ1n) is 8.60. The molecule has 0 saturated heterocycles. The van der Waals surface area contributed by atoms with Gasteiger partial charge < -0.3 is 0 Å². The highest BCUT2D eigenvalue weighted by Gasteiger charge is 2.46. The summed E-state index contributed by atoms with van der Waals surface area (Å²) in [6.45, 7) is 0. The van der Waals surface area contributed by atoms with Gasteiger partial charge in [-0.05, 0) is 17.2 Å². The summed E-state index contributed by atoms with van der Waals surface area (Å²) in [6, 6.07) is 22.7. The van der Waals surface area contributed by atoms with Crippen molar-refractivity contribution in [2.45, 2.75) is 5.92 Å². The zero-order valence-corrected chi connectivity index (χ0v) is 15.0. The van der Waals surface area contributed by atoms with Crippen LogP contribution in [-0.4, -0.2) is 17.3 Å². The Morgan fingerprint density at radius 1 is 0.741 bits per heavy atom. The Hall–Kier alpha value is -3.04. The summed E-state index contributed by atoms with van der Waals surface area (Å²) in [7, 11) is 0. The molecule has 0 spiro atoms. The highest BCUT2D eigenvalue weighted by molar-refractivity contribution is 6.37. The number of hydrogen-bond donors (Lipinski definition) is 0. The van der Waals surface area contributed by atoms with Gasteiger partial charge in [0, 0.05) is 16.1 Å². The number of fused-ring (bicyclic) bond motifs is 1. The van der Waals surface area contributed by atoms with Gasteiger partial charge in [0.15, 0.2) is 17.3 Å². The summed E-state index contributed by atoms with van der Waals surface area (Å²) in [5, 5.41) is 0.426. The van der Waals surface area contributed by atoms with E-state index in [9.17, 15) is 14.4 Å².